The van der Waals surface area contributed by atoms with Crippen molar-refractivity contribution in [2.75, 3.05) is 0 Å². The Labute approximate surface area is 81.7 Å². The molecule has 0 nitrogen and oxygen atoms in total. The largest absolute Gasteiger partial charge is 0.123 e. The third-order valence-electron chi connectivity index (χ3n) is 3.24. The maximum absolute atomic E-state index is 6.17. The number of rotatable bonds is 3. The van der Waals surface area contributed by atoms with E-state index in [1.54, 1.807) is 0 Å². The lowest BCUT2D eigenvalue weighted by molar-refractivity contribution is 0.359. The van der Waals surface area contributed by atoms with E-state index in [0.29, 0.717) is 5.38 Å². The molecule has 1 saturated carbocycles. The van der Waals surface area contributed by atoms with E-state index in [2.05, 4.69) is 20.8 Å². The van der Waals surface area contributed by atoms with E-state index in [9.17, 15) is 0 Å². The second-order valence-electron chi connectivity index (χ2n) is 4.68. The first kappa shape index (κ1) is 10.4. The zero-order valence-corrected chi connectivity index (χ0v) is 9.27. The highest BCUT2D eigenvalue weighted by molar-refractivity contribution is 6.20. The molecular weight excluding hydrogens is 168 g/mol. The summed E-state index contributed by atoms with van der Waals surface area (Å²) in [6, 6.07) is 0. The first-order chi connectivity index (χ1) is 5.61. The van der Waals surface area contributed by atoms with Crippen LogP contribution in [0, 0.1) is 17.8 Å². The van der Waals surface area contributed by atoms with E-state index < -0.39 is 0 Å². The molecule has 1 rings (SSSR count). The van der Waals surface area contributed by atoms with Gasteiger partial charge in [0.2, 0.25) is 0 Å². The smallest absolute Gasteiger partial charge is 0.0364 e. The van der Waals surface area contributed by atoms with Gasteiger partial charge in [0.25, 0.3) is 0 Å². The molecule has 0 radical (unpaired) electrons. The Kier molecular flexibility index (Phi) is 3.89. The second-order valence-corrected chi connectivity index (χ2v) is 5.24. The Hall–Kier alpha value is 0.290. The zero-order chi connectivity index (χ0) is 9.14. The van der Waals surface area contributed by atoms with Crippen LogP contribution in [0.15, 0.2) is 0 Å². The van der Waals surface area contributed by atoms with E-state index >= 15 is 0 Å². The van der Waals surface area contributed by atoms with Gasteiger partial charge in [-0.2, -0.15) is 0 Å². The molecule has 72 valence electrons. The van der Waals surface area contributed by atoms with Gasteiger partial charge in [-0.25, -0.2) is 0 Å². The van der Waals surface area contributed by atoms with Crippen LogP contribution in [0.4, 0.5) is 0 Å². The Morgan fingerprint density at radius 3 is 2.42 bits per heavy atom. The van der Waals surface area contributed by atoms with Crippen LogP contribution in [0.1, 0.15) is 46.5 Å². The fourth-order valence-electron chi connectivity index (χ4n) is 2.15. The average molecular weight is 189 g/mol. The third-order valence-corrected chi connectivity index (χ3v) is 3.86. The quantitative estimate of drug-likeness (QED) is 0.586. The fraction of sp³-hybridized carbons (Fsp3) is 1.00. The maximum Gasteiger partial charge on any atom is 0.0364 e. The van der Waals surface area contributed by atoms with Crippen LogP contribution in [0.2, 0.25) is 0 Å². The molecule has 0 bridgehead atoms. The van der Waals surface area contributed by atoms with Crippen molar-refractivity contribution in [3.05, 3.63) is 0 Å². The van der Waals surface area contributed by atoms with Crippen molar-refractivity contribution in [1.82, 2.24) is 0 Å². The molecule has 0 N–H and O–H groups in total. The van der Waals surface area contributed by atoms with Crippen molar-refractivity contribution >= 4 is 11.6 Å². The van der Waals surface area contributed by atoms with E-state index in [4.69, 9.17) is 11.6 Å². The summed E-state index contributed by atoms with van der Waals surface area (Å²) in [5, 5.41) is 0.460. The van der Waals surface area contributed by atoms with Crippen molar-refractivity contribution in [2.24, 2.45) is 17.8 Å². The van der Waals surface area contributed by atoms with Gasteiger partial charge in [-0.15, -0.1) is 11.6 Å². The van der Waals surface area contributed by atoms with Crippen LogP contribution in [0.3, 0.4) is 0 Å². The van der Waals surface area contributed by atoms with E-state index in [1.165, 1.54) is 25.7 Å². The highest BCUT2D eigenvalue weighted by Gasteiger charge is 2.30. The van der Waals surface area contributed by atoms with Gasteiger partial charge in [-0.1, -0.05) is 27.2 Å². The van der Waals surface area contributed by atoms with Crippen molar-refractivity contribution < 1.29 is 0 Å². The summed E-state index contributed by atoms with van der Waals surface area (Å²) >= 11 is 6.17. The lowest BCUT2D eigenvalue weighted by Gasteiger charge is -2.17. The van der Waals surface area contributed by atoms with Crippen LogP contribution in [-0.2, 0) is 0 Å². The maximum atomic E-state index is 6.17. The first-order valence-electron chi connectivity index (χ1n) is 5.25. The molecule has 0 amide bonds. The predicted molar refractivity (Wildman–Crippen MR) is 55.6 cm³/mol. The molecule has 1 heteroatoms. The summed E-state index contributed by atoms with van der Waals surface area (Å²) in [5.74, 6) is 2.52. The molecule has 0 aromatic rings. The van der Waals surface area contributed by atoms with Gasteiger partial charge in [-0.3, -0.25) is 0 Å². The van der Waals surface area contributed by atoms with Crippen LogP contribution in [0.25, 0.3) is 0 Å². The number of halogens is 1. The highest BCUT2D eigenvalue weighted by atomic mass is 35.5. The summed E-state index contributed by atoms with van der Waals surface area (Å²) in [5.41, 5.74) is 0. The van der Waals surface area contributed by atoms with Gasteiger partial charge in [0.15, 0.2) is 0 Å². The molecule has 0 heterocycles. The molecular formula is C11H21Cl. The molecule has 1 fully saturated rings. The Morgan fingerprint density at radius 2 is 2.00 bits per heavy atom. The lowest BCUT2D eigenvalue weighted by atomic mass is 9.90. The fourth-order valence-corrected chi connectivity index (χ4v) is 2.48. The third kappa shape index (κ3) is 2.65. The summed E-state index contributed by atoms with van der Waals surface area (Å²) in [7, 11) is 0. The summed E-state index contributed by atoms with van der Waals surface area (Å²) < 4.78 is 0. The van der Waals surface area contributed by atoms with Crippen LogP contribution >= 0.6 is 11.6 Å². The van der Waals surface area contributed by atoms with Gasteiger partial charge in [0.1, 0.15) is 0 Å². The summed E-state index contributed by atoms with van der Waals surface area (Å²) in [6.45, 7) is 6.92. The molecule has 3 atom stereocenters. The predicted octanol–water partition coefficient (Wildman–Crippen LogP) is 4.08. The zero-order valence-electron chi connectivity index (χ0n) is 8.52. The molecule has 3 unspecified atom stereocenters. The van der Waals surface area contributed by atoms with Crippen molar-refractivity contribution in [3.63, 3.8) is 0 Å². The Balaban J connectivity index is 2.24. The van der Waals surface area contributed by atoms with Crippen LogP contribution in [-0.4, -0.2) is 5.38 Å². The number of alkyl halides is 1. The molecule has 0 aromatic heterocycles. The minimum absolute atomic E-state index is 0.460. The van der Waals surface area contributed by atoms with Crippen molar-refractivity contribution in [3.8, 4) is 0 Å². The topological polar surface area (TPSA) is 0 Å². The Bertz CT molecular complexity index is 131. The molecule has 1 aliphatic carbocycles. The molecule has 0 aliphatic heterocycles. The van der Waals surface area contributed by atoms with E-state index in [1.807, 2.05) is 0 Å². The molecule has 0 saturated heterocycles. The summed E-state index contributed by atoms with van der Waals surface area (Å²) in [4.78, 5) is 0. The first-order valence-corrected chi connectivity index (χ1v) is 5.69. The van der Waals surface area contributed by atoms with Gasteiger partial charge in [0, 0.05) is 5.38 Å². The van der Waals surface area contributed by atoms with Gasteiger partial charge in [0.05, 0.1) is 0 Å². The molecule has 0 spiro atoms. The van der Waals surface area contributed by atoms with Crippen molar-refractivity contribution in [2.45, 2.75) is 51.8 Å². The van der Waals surface area contributed by atoms with E-state index in [-0.39, 0.29) is 0 Å². The van der Waals surface area contributed by atoms with Gasteiger partial charge >= 0.3 is 0 Å². The SMILES string of the molecule is CC(C)CCC1CCC(Cl)C1C. The number of hydrogen-bond donors (Lipinski definition) is 0. The average Bonchev–Trinajstić information content (AvgIpc) is 2.30. The van der Waals surface area contributed by atoms with E-state index in [0.717, 1.165) is 17.8 Å². The minimum Gasteiger partial charge on any atom is -0.123 e. The monoisotopic (exact) mass is 188 g/mol. The Morgan fingerprint density at radius 1 is 1.33 bits per heavy atom. The standard InChI is InChI=1S/C11H21Cl/c1-8(2)4-5-10-6-7-11(12)9(10)3/h8-11H,4-7H2,1-3H3. The lowest BCUT2D eigenvalue weighted by Crippen LogP contribution is -2.11. The minimum atomic E-state index is 0.460. The van der Waals surface area contributed by atoms with Crippen LogP contribution < -0.4 is 0 Å². The van der Waals surface area contributed by atoms with Crippen molar-refractivity contribution in [1.29, 1.82) is 0 Å². The summed E-state index contributed by atoms with van der Waals surface area (Å²) in [6.07, 6.45) is 5.37. The van der Waals surface area contributed by atoms with Crippen LogP contribution in [0.5, 0.6) is 0 Å². The van der Waals surface area contributed by atoms with Gasteiger partial charge in [-0.05, 0) is 37.0 Å². The molecule has 1 aliphatic rings. The second kappa shape index (κ2) is 4.50. The molecule has 0 aromatic carbocycles. The van der Waals surface area contributed by atoms with Gasteiger partial charge < -0.3 is 0 Å². The normalized spacial score (nSPS) is 36.2. The highest BCUT2D eigenvalue weighted by Crippen LogP contribution is 2.38. The molecule has 12 heavy (non-hydrogen) atoms. The number of hydrogen-bond acceptors (Lipinski definition) is 0.